The zero-order valence-electron chi connectivity index (χ0n) is 13.3. The van der Waals surface area contributed by atoms with Crippen molar-refractivity contribution in [1.29, 1.82) is 0 Å². The van der Waals surface area contributed by atoms with E-state index in [4.69, 9.17) is 9.47 Å². The molecule has 1 amide bonds. The van der Waals surface area contributed by atoms with E-state index in [0.29, 0.717) is 21.5 Å². The molecule has 7 nitrogen and oxygen atoms in total. The number of carbonyl (C=O) groups is 1. The van der Waals surface area contributed by atoms with Gasteiger partial charge in [-0.25, -0.2) is 0 Å². The summed E-state index contributed by atoms with van der Waals surface area (Å²) >= 11 is 6.68. The molecule has 2 rings (SSSR count). The van der Waals surface area contributed by atoms with E-state index in [0.717, 1.165) is 4.47 Å². The molecule has 0 aromatic heterocycles. The van der Waals surface area contributed by atoms with Gasteiger partial charge in [0.05, 0.1) is 16.5 Å². The monoisotopic (exact) mass is 472 g/mol. The molecule has 9 heteroatoms. The van der Waals surface area contributed by atoms with Crippen LogP contribution in [0.1, 0.15) is 5.56 Å². The molecule has 0 unspecified atom stereocenters. The van der Waals surface area contributed by atoms with E-state index < -0.39 is 10.8 Å². The van der Waals surface area contributed by atoms with Crippen molar-refractivity contribution in [3.63, 3.8) is 0 Å². The van der Waals surface area contributed by atoms with Crippen molar-refractivity contribution in [2.75, 3.05) is 19.0 Å². The fourth-order valence-electron chi connectivity index (χ4n) is 2.04. The summed E-state index contributed by atoms with van der Waals surface area (Å²) in [5, 5.41) is 13.7. The lowest BCUT2D eigenvalue weighted by Crippen LogP contribution is -2.21. The molecule has 0 saturated heterocycles. The van der Waals surface area contributed by atoms with Crippen LogP contribution < -0.4 is 14.8 Å². The second kappa shape index (κ2) is 8.30. The lowest BCUT2D eigenvalue weighted by Gasteiger charge is -2.12. The number of nitro benzene ring substituents is 1. The molecule has 0 aliphatic carbocycles. The van der Waals surface area contributed by atoms with Crippen LogP contribution >= 0.6 is 31.9 Å². The van der Waals surface area contributed by atoms with Crippen molar-refractivity contribution in [3.8, 4) is 11.5 Å². The number of nitro groups is 1. The van der Waals surface area contributed by atoms with Gasteiger partial charge in [0.15, 0.2) is 12.4 Å². The van der Waals surface area contributed by atoms with Crippen LogP contribution in [0.15, 0.2) is 39.3 Å². The van der Waals surface area contributed by atoms with Crippen molar-refractivity contribution in [3.05, 3.63) is 55.0 Å². The Hall–Kier alpha value is -2.13. The Morgan fingerprint density at radius 2 is 1.96 bits per heavy atom. The molecule has 0 heterocycles. The van der Waals surface area contributed by atoms with Crippen LogP contribution in [0.4, 0.5) is 11.4 Å². The summed E-state index contributed by atoms with van der Waals surface area (Å²) in [6, 6.07) is 8.09. The Kier molecular flexibility index (Phi) is 6.38. The van der Waals surface area contributed by atoms with Gasteiger partial charge in [0.2, 0.25) is 0 Å². The first-order valence-electron chi connectivity index (χ1n) is 7.02. The Balaban J connectivity index is 2.08. The highest BCUT2D eigenvalue weighted by atomic mass is 79.9. The molecule has 0 saturated carbocycles. The maximum absolute atomic E-state index is 12.1. The number of ether oxygens (including phenoxy) is 2. The van der Waals surface area contributed by atoms with E-state index >= 15 is 0 Å². The Morgan fingerprint density at radius 1 is 1.24 bits per heavy atom. The highest BCUT2D eigenvalue weighted by Gasteiger charge is 2.18. The van der Waals surface area contributed by atoms with Crippen molar-refractivity contribution in [1.82, 2.24) is 0 Å². The van der Waals surface area contributed by atoms with Gasteiger partial charge in [-0.3, -0.25) is 14.9 Å². The number of rotatable bonds is 6. The zero-order valence-corrected chi connectivity index (χ0v) is 16.5. The van der Waals surface area contributed by atoms with Crippen molar-refractivity contribution in [2.24, 2.45) is 0 Å². The number of aryl methyl sites for hydroxylation is 1. The van der Waals surface area contributed by atoms with Gasteiger partial charge < -0.3 is 14.8 Å². The molecule has 0 atom stereocenters. The van der Waals surface area contributed by atoms with Gasteiger partial charge in [0.25, 0.3) is 5.91 Å². The SMILES string of the molecule is COc1cc(NC(=O)COc2ccc(Br)cc2Br)c(C)cc1[N+](=O)[O-]. The molecule has 0 aliphatic heterocycles. The molecule has 2 aromatic rings. The van der Waals surface area contributed by atoms with E-state index in [1.807, 2.05) is 0 Å². The molecule has 0 radical (unpaired) electrons. The summed E-state index contributed by atoms with van der Waals surface area (Å²) in [4.78, 5) is 22.6. The molecular formula is C16H14Br2N2O5. The minimum atomic E-state index is -0.536. The highest BCUT2D eigenvalue weighted by Crippen LogP contribution is 2.33. The molecule has 0 spiro atoms. The van der Waals surface area contributed by atoms with E-state index in [-0.39, 0.29) is 18.0 Å². The van der Waals surface area contributed by atoms with Gasteiger partial charge in [-0.05, 0) is 46.6 Å². The van der Waals surface area contributed by atoms with Gasteiger partial charge >= 0.3 is 5.69 Å². The first-order valence-corrected chi connectivity index (χ1v) is 8.61. The number of benzene rings is 2. The fourth-order valence-corrected chi connectivity index (χ4v) is 3.20. The lowest BCUT2D eigenvalue weighted by atomic mass is 10.1. The van der Waals surface area contributed by atoms with Crippen molar-refractivity contribution < 1.29 is 19.2 Å². The van der Waals surface area contributed by atoms with Crippen LogP contribution in [-0.4, -0.2) is 24.5 Å². The third-order valence-corrected chi connectivity index (χ3v) is 4.36. The average Bonchev–Trinajstić information content (AvgIpc) is 2.55. The molecule has 2 aromatic carbocycles. The first kappa shape index (κ1) is 19.2. The van der Waals surface area contributed by atoms with E-state index in [9.17, 15) is 14.9 Å². The largest absolute Gasteiger partial charge is 0.490 e. The minimum Gasteiger partial charge on any atom is -0.490 e. The molecule has 25 heavy (non-hydrogen) atoms. The number of amides is 1. The van der Waals surface area contributed by atoms with Gasteiger partial charge in [0.1, 0.15) is 5.75 Å². The summed E-state index contributed by atoms with van der Waals surface area (Å²) in [5.41, 5.74) is 0.810. The maximum atomic E-state index is 12.1. The highest BCUT2D eigenvalue weighted by molar-refractivity contribution is 9.11. The third kappa shape index (κ3) is 4.93. The summed E-state index contributed by atoms with van der Waals surface area (Å²) in [7, 11) is 1.33. The lowest BCUT2D eigenvalue weighted by molar-refractivity contribution is -0.385. The number of hydrogen-bond acceptors (Lipinski definition) is 5. The normalized spacial score (nSPS) is 10.2. The van der Waals surface area contributed by atoms with Crippen LogP contribution in [0.3, 0.4) is 0 Å². The van der Waals surface area contributed by atoms with Gasteiger partial charge in [0, 0.05) is 22.3 Å². The van der Waals surface area contributed by atoms with Crippen LogP contribution in [0.5, 0.6) is 11.5 Å². The number of methoxy groups -OCH3 is 1. The number of nitrogens with zero attached hydrogens (tertiary/aromatic N) is 1. The van der Waals surface area contributed by atoms with Crippen molar-refractivity contribution >= 4 is 49.1 Å². The maximum Gasteiger partial charge on any atom is 0.311 e. The molecular weight excluding hydrogens is 460 g/mol. The molecule has 1 N–H and O–H groups in total. The number of carbonyl (C=O) groups excluding carboxylic acids is 1. The number of hydrogen-bond donors (Lipinski definition) is 1. The molecule has 0 aliphatic rings. The summed E-state index contributed by atoms with van der Waals surface area (Å²) < 4.78 is 12.1. The number of anilines is 1. The van der Waals surface area contributed by atoms with E-state index in [2.05, 4.69) is 37.2 Å². The molecule has 0 bridgehead atoms. The zero-order chi connectivity index (χ0) is 18.6. The molecule has 132 valence electrons. The molecule has 0 fully saturated rings. The van der Waals surface area contributed by atoms with Gasteiger partial charge in [-0.1, -0.05) is 15.9 Å². The van der Waals surface area contributed by atoms with Crippen LogP contribution in [0, 0.1) is 17.0 Å². The average molecular weight is 474 g/mol. The Bertz CT molecular complexity index is 826. The predicted molar refractivity (Wildman–Crippen MR) is 100 cm³/mol. The van der Waals surface area contributed by atoms with Crippen LogP contribution in [0.25, 0.3) is 0 Å². The fraction of sp³-hybridized carbons (Fsp3) is 0.188. The third-order valence-electron chi connectivity index (χ3n) is 3.25. The quantitative estimate of drug-likeness (QED) is 0.494. The summed E-state index contributed by atoms with van der Waals surface area (Å²) in [6.07, 6.45) is 0. The first-order chi connectivity index (χ1) is 11.8. The van der Waals surface area contributed by atoms with Crippen LogP contribution in [-0.2, 0) is 4.79 Å². The van der Waals surface area contributed by atoms with Gasteiger partial charge in [-0.15, -0.1) is 0 Å². The Labute approximate surface area is 160 Å². The second-order valence-electron chi connectivity index (χ2n) is 5.01. The van der Waals surface area contributed by atoms with E-state index in [1.54, 1.807) is 25.1 Å². The van der Waals surface area contributed by atoms with E-state index in [1.165, 1.54) is 19.2 Å². The Morgan fingerprint density at radius 3 is 2.56 bits per heavy atom. The van der Waals surface area contributed by atoms with Gasteiger partial charge in [-0.2, -0.15) is 0 Å². The number of nitrogens with one attached hydrogen (secondary N) is 1. The second-order valence-corrected chi connectivity index (χ2v) is 6.78. The topological polar surface area (TPSA) is 90.7 Å². The van der Waals surface area contributed by atoms with Crippen LogP contribution in [0.2, 0.25) is 0 Å². The number of halogens is 2. The standard InChI is InChI=1S/C16H14Br2N2O5/c1-9-5-13(20(22)23)15(24-2)7-12(9)19-16(21)8-25-14-4-3-10(17)6-11(14)18/h3-7H,8H2,1-2H3,(H,19,21). The van der Waals surface area contributed by atoms with Crippen molar-refractivity contribution in [2.45, 2.75) is 6.92 Å². The summed E-state index contributed by atoms with van der Waals surface area (Å²) in [6.45, 7) is 1.45. The smallest absolute Gasteiger partial charge is 0.311 e. The summed E-state index contributed by atoms with van der Waals surface area (Å²) in [5.74, 6) is 0.202. The minimum absolute atomic E-state index is 0.0717. The predicted octanol–water partition coefficient (Wildman–Crippen LogP) is 4.45.